The second-order valence-electron chi connectivity index (χ2n) is 3.42. The molecular formula is C11H14O3S5. The normalized spacial score (nSPS) is 15.2. The Morgan fingerprint density at radius 1 is 1.11 bits per heavy atom. The zero-order valence-electron chi connectivity index (χ0n) is 10.5. The van der Waals surface area contributed by atoms with Gasteiger partial charge in [0, 0.05) is 18.1 Å². The third-order valence-corrected chi connectivity index (χ3v) is 8.00. The number of hydrogen-bond acceptors (Lipinski definition) is 8. The Bertz CT molecular complexity index is 513. The molecule has 1 aliphatic heterocycles. The molecule has 106 valence electrons. The average molecular weight is 355 g/mol. The van der Waals surface area contributed by atoms with E-state index in [4.69, 9.17) is 21.7 Å². The van der Waals surface area contributed by atoms with Crippen LogP contribution in [0.5, 0.6) is 0 Å². The van der Waals surface area contributed by atoms with Gasteiger partial charge in [0.05, 0.1) is 19.9 Å². The molecule has 0 amide bonds. The summed E-state index contributed by atoms with van der Waals surface area (Å²) >= 11 is 11.6. The molecule has 19 heavy (non-hydrogen) atoms. The van der Waals surface area contributed by atoms with Crippen molar-refractivity contribution >= 4 is 58.4 Å². The van der Waals surface area contributed by atoms with Gasteiger partial charge in [-0.15, -0.1) is 22.7 Å². The number of aliphatic hydroxyl groups is 1. The first-order valence-corrected chi connectivity index (χ1v) is 9.43. The highest BCUT2D eigenvalue weighted by atomic mass is 32.2. The fourth-order valence-electron chi connectivity index (χ4n) is 1.49. The molecule has 0 atom stereocenters. The van der Waals surface area contributed by atoms with Crippen molar-refractivity contribution in [2.75, 3.05) is 19.8 Å². The molecule has 3 nitrogen and oxygen atoms in total. The predicted octanol–water partition coefficient (Wildman–Crippen LogP) is 4.34. The van der Waals surface area contributed by atoms with Crippen molar-refractivity contribution in [2.45, 2.75) is 28.6 Å². The van der Waals surface area contributed by atoms with Crippen LogP contribution in [0.15, 0.2) is 18.2 Å². The topological polar surface area (TPSA) is 38.7 Å². The minimum Gasteiger partial charge on any atom is -0.391 e. The molecule has 0 bridgehead atoms. The standard InChI is InChI=1S/C11H14O3S5/c1-3-13-8(14-4-2)7-6(5-12)16-9-10(17-7)19-11(15)18-9/h8,12H,3-5H2,1-2H3. The fourth-order valence-corrected chi connectivity index (χ4v) is 7.68. The van der Waals surface area contributed by atoms with Gasteiger partial charge in [-0.1, -0.05) is 35.7 Å². The van der Waals surface area contributed by atoms with Crippen LogP contribution in [0.4, 0.5) is 0 Å². The highest BCUT2D eigenvalue weighted by Crippen LogP contribution is 2.53. The lowest BCUT2D eigenvalue weighted by atomic mass is 10.4. The number of hydrogen-bond donors (Lipinski definition) is 1. The maximum atomic E-state index is 9.56. The maximum Gasteiger partial charge on any atom is 0.190 e. The molecule has 0 radical (unpaired) electrons. The van der Waals surface area contributed by atoms with Crippen molar-refractivity contribution < 1.29 is 14.6 Å². The Kier molecular flexibility index (Phi) is 6.35. The number of thioether (sulfide) groups is 2. The van der Waals surface area contributed by atoms with Crippen LogP contribution >= 0.6 is 58.4 Å². The molecule has 8 heteroatoms. The molecule has 2 rings (SSSR count). The summed E-state index contributed by atoms with van der Waals surface area (Å²) in [5, 5.41) is 9.56. The van der Waals surface area contributed by atoms with Crippen LogP contribution in [0.2, 0.25) is 0 Å². The van der Waals surface area contributed by atoms with E-state index in [0.29, 0.717) is 13.2 Å². The van der Waals surface area contributed by atoms with Crippen molar-refractivity contribution in [2.24, 2.45) is 0 Å². The van der Waals surface area contributed by atoms with Crippen molar-refractivity contribution in [3.63, 3.8) is 0 Å². The molecule has 2 heterocycles. The van der Waals surface area contributed by atoms with Crippen LogP contribution in [0.1, 0.15) is 13.8 Å². The van der Waals surface area contributed by atoms with Crippen LogP contribution in [0.25, 0.3) is 0 Å². The smallest absolute Gasteiger partial charge is 0.190 e. The lowest BCUT2D eigenvalue weighted by molar-refractivity contribution is -0.106. The van der Waals surface area contributed by atoms with Crippen LogP contribution in [-0.2, 0) is 9.47 Å². The van der Waals surface area contributed by atoms with E-state index in [2.05, 4.69) is 0 Å². The molecule has 0 aliphatic carbocycles. The average Bonchev–Trinajstić information content (AvgIpc) is 2.76. The minimum absolute atomic E-state index is 0.00157. The molecule has 1 aliphatic rings. The Hall–Kier alpha value is 0.590. The predicted molar refractivity (Wildman–Crippen MR) is 85.9 cm³/mol. The van der Waals surface area contributed by atoms with Crippen LogP contribution < -0.4 is 0 Å². The monoisotopic (exact) mass is 354 g/mol. The zero-order chi connectivity index (χ0) is 13.8. The largest absolute Gasteiger partial charge is 0.391 e. The van der Waals surface area contributed by atoms with E-state index in [-0.39, 0.29) is 6.61 Å². The number of fused-ring (bicyclic) bond motifs is 1. The molecule has 0 saturated heterocycles. The summed E-state index contributed by atoms with van der Waals surface area (Å²) in [5.74, 6) is 0. The molecule has 0 unspecified atom stereocenters. The first kappa shape index (κ1) is 16.0. The summed E-state index contributed by atoms with van der Waals surface area (Å²) in [5.41, 5.74) is 0. The summed E-state index contributed by atoms with van der Waals surface area (Å²) in [6.45, 7) is 5.02. The van der Waals surface area contributed by atoms with Crippen LogP contribution in [-0.4, -0.2) is 31.2 Å². The van der Waals surface area contributed by atoms with E-state index in [1.165, 1.54) is 8.42 Å². The van der Waals surface area contributed by atoms with Crippen molar-refractivity contribution in [3.8, 4) is 0 Å². The molecule has 1 N–H and O–H groups in total. The van der Waals surface area contributed by atoms with E-state index in [1.807, 2.05) is 13.8 Å². The minimum atomic E-state index is -0.400. The van der Waals surface area contributed by atoms with E-state index >= 15 is 0 Å². The Labute approximate surface area is 134 Å². The van der Waals surface area contributed by atoms with Crippen molar-refractivity contribution in [1.29, 1.82) is 0 Å². The van der Waals surface area contributed by atoms with E-state index in [0.717, 1.165) is 12.9 Å². The van der Waals surface area contributed by atoms with Crippen molar-refractivity contribution in [1.82, 2.24) is 0 Å². The molecule has 0 spiro atoms. The molecule has 1 aromatic rings. The SMILES string of the molecule is CCOC(OCC)C1=C(CO)Sc2sc(=S)sc2S1. The van der Waals surface area contributed by atoms with Gasteiger partial charge in [0.15, 0.2) is 6.29 Å². The quantitative estimate of drug-likeness (QED) is 0.605. The Morgan fingerprint density at radius 2 is 1.68 bits per heavy atom. The summed E-state index contributed by atoms with van der Waals surface area (Å²) in [4.78, 5) is 1.85. The highest BCUT2D eigenvalue weighted by Gasteiger charge is 2.28. The first-order valence-electron chi connectivity index (χ1n) is 5.76. The summed E-state index contributed by atoms with van der Waals surface area (Å²) in [6.07, 6.45) is -0.400. The van der Waals surface area contributed by atoms with Gasteiger partial charge in [-0.3, -0.25) is 0 Å². The van der Waals surface area contributed by atoms with Gasteiger partial charge in [0.1, 0.15) is 3.14 Å². The van der Waals surface area contributed by atoms with Gasteiger partial charge >= 0.3 is 0 Å². The number of aliphatic hydroxyl groups excluding tert-OH is 1. The fraction of sp³-hybridized carbons (Fsp3) is 0.545. The third-order valence-electron chi connectivity index (χ3n) is 2.21. The van der Waals surface area contributed by atoms with Gasteiger partial charge in [-0.05, 0) is 13.8 Å². The van der Waals surface area contributed by atoms with Crippen molar-refractivity contribution in [3.05, 3.63) is 12.9 Å². The van der Waals surface area contributed by atoms with E-state index in [9.17, 15) is 5.11 Å². The second kappa shape index (κ2) is 7.56. The number of ether oxygens (including phenoxy) is 2. The molecule has 1 aromatic heterocycles. The lowest BCUT2D eigenvalue weighted by Gasteiger charge is -2.24. The van der Waals surface area contributed by atoms with Gasteiger partial charge in [0.25, 0.3) is 0 Å². The number of rotatable bonds is 6. The Balaban J connectivity index is 2.29. The van der Waals surface area contributed by atoms with Gasteiger partial charge < -0.3 is 14.6 Å². The molecule has 0 saturated carbocycles. The van der Waals surface area contributed by atoms with E-state index < -0.39 is 6.29 Å². The molecule has 0 fully saturated rings. The van der Waals surface area contributed by atoms with Crippen LogP contribution in [0, 0.1) is 3.14 Å². The van der Waals surface area contributed by atoms with Crippen LogP contribution in [0.3, 0.4) is 0 Å². The molecular weight excluding hydrogens is 340 g/mol. The second-order valence-corrected chi connectivity index (χ2v) is 9.32. The van der Waals surface area contributed by atoms with Gasteiger partial charge in [-0.25, -0.2) is 0 Å². The van der Waals surface area contributed by atoms with Gasteiger partial charge in [-0.2, -0.15) is 0 Å². The van der Waals surface area contributed by atoms with Gasteiger partial charge in [0.2, 0.25) is 0 Å². The lowest BCUT2D eigenvalue weighted by Crippen LogP contribution is -2.21. The highest BCUT2D eigenvalue weighted by molar-refractivity contribution is 8.12. The summed E-state index contributed by atoms with van der Waals surface area (Å²) in [7, 11) is 0. The van der Waals surface area contributed by atoms with E-state index in [1.54, 1.807) is 46.2 Å². The third kappa shape index (κ3) is 3.82. The summed E-state index contributed by atoms with van der Waals surface area (Å²) < 4.78 is 14.5. The molecule has 0 aromatic carbocycles. The summed E-state index contributed by atoms with van der Waals surface area (Å²) in [6, 6.07) is 0. The zero-order valence-corrected chi connectivity index (χ0v) is 14.6. The first-order chi connectivity index (χ1) is 9.19. The maximum absolute atomic E-state index is 9.56. The Morgan fingerprint density at radius 3 is 2.21 bits per heavy atom.